The highest BCUT2D eigenvalue weighted by atomic mass is 16.5. The zero-order valence-electron chi connectivity index (χ0n) is 16.5. The van der Waals surface area contributed by atoms with Crippen molar-refractivity contribution in [1.82, 2.24) is 9.80 Å². The average Bonchev–Trinajstić information content (AvgIpc) is 2.97. The lowest BCUT2D eigenvalue weighted by molar-refractivity contribution is -0.138. The van der Waals surface area contributed by atoms with Gasteiger partial charge in [0.05, 0.1) is 25.3 Å². The van der Waals surface area contributed by atoms with E-state index in [-0.39, 0.29) is 30.9 Å². The molecule has 0 bridgehead atoms. The fraction of sp³-hybridized carbons (Fsp3) is 0.524. The lowest BCUT2D eigenvalue weighted by Crippen LogP contribution is -2.41. The van der Waals surface area contributed by atoms with Crippen molar-refractivity contribution in [2.45, 2.75) is 19.8 Å². The number of methoxy groups -OCH3 is 1. The third-order valence-corrected chi connectivity index (χ3v) is 5.21. The van der Waals surface area contributed by atoms with Crippen molar-refractivity contribution in [1.29, 1.82) is 0 Å². The molecule has 2 aliphatic heterocycles. The first-order valence-corrected chi connectivity index (χ1v) is 9.79. The summed E-state index contributed by atoms with van der Waals surface area (Å²) in [5.74, 6) is 0.246. The maximum atomic E-state index is 13.1. The van der Waals surface area contributed by atoms with E-state index in [9.17, 15) is 14.7 Å². The van der Waals surface area contributed by atoms with Crippen LogP contribution in [0.4, 0.5) is 0 Å². The highest BCUT2D eigenvalue weighted by Crippen LogP contribution is 2.34. The molecule has 152 valence electrons. The molecule has 1 saturated heterocycles. The second kappa shape index (κ2) is 9.21. The summed E-state index contributed by atoms with van der Waals surface area (Å²) in [6.07, 6.45) is 1.80. The number of carbonyl (C=O) groups is 2. The van der Waals surface area contributed by atoms with Gasteiger partial charge < -0.3 is 19.5 Å². The molecule has 3 rings (SSSR count). The predicted molar refractivity (Wildman–Crippen MR) is 105 cm³/mol. The van der Waals surface area contributed by atoms with Crippen molar-refractivity contribution in [3.8, 4) is 5.75 Å². The smallest absolute Gasteiger partial charge is 0.277 e. The lowest BCUT2D eigenvalue weighted by Gasteiger charge is -2.34. The molecule has 1 fully saturated rings. The summed E-state index contributed by atoms with van der Waals surface area (Å²) in [4.78, 5) is 29.5. The largest absolute Gasteiger partial charge is 0.494 e. The Morgan fingerprint density at radius 2 is 1.93 bits per heavy atom. The molecule has 1 unspecified atom stereocenters. The molecule has 1 atom stereocenters. The second-order valence-corrected chi connectivity index (χ2v) is 7.07. The Morgan fingerprint density at radius 1 is 1.18 bits per heavy atom. The van der Waals surface area contributed by atoms with E-state index >= 15 is 0 Å². The Bertz CT molecular complexity index is 744. The molecule has 0 radical (unpaired) electrons. The first kappa shape index (κ1) is 20.4. The molecule has 7 heteroatoms. The van der Waals surface area contributed by atoms with Crippen LogP contribution in [0.1, 0.15) is 25.3 Å². The van der Waals surface area contributed by atoms with Crippen molar-refractivity contribution >= 4 is 17.4 Å². The number of nitrogens with zero attached hydrogens (tertiary/aromatic N) is 2. The SMILES string of the molecule is CCOc1ccc(C2=C(N3CCCC(CO)C3)C(=O)N(CCOC)C2=O)cc1. The summed E-state index contributed by atoms with van der Waals surface area (Å²) >= 11 is 0. The Hall–Kier alpha value is -2.38. The molecule has 1 N–H and O–H groups in total. The Labute approximate surface area is 165 Å². The maximum absolute atomic E-state index is 13.1. The van der Waals surface area contributed by atoms with Gasteiger partial charge in [0, 0.05) is 26.8 Å². The Morgan fingerprint density at radius 3 is 2.57 bits per heavy atom. The number of carbonyl (C=O) groups excluding carboxylic acids is 2. The number of amides is 2. The molecule has 0 saturated carbocycles. The van der Waals surface area contributed by atoms with Gasteiger partial charge in [-0.2, -0.15) is 0 Å². The zero-order chi connectivity index (χ0) is 20.1. The average molecular weight is 388 g/mol. The first-order valence-electron chi connectivity index (χ1n) is 9.79. The van der Waals surface area contributed by atoms with Gasteiger partial charge in [-0.25, -0.2) is 0 Å². The Balaban J connectivity index is 1.98. The van der Waals surface area contributed by atoms with Crippen LogP contribution < -0.4 is 4.74 Å². The first-order chi connectivity index (χ1) is 13.6. The van der Waals surface area contributed by atoms with Crippen molar-refractivity contribution < 1.29 is 24.2 Å². The van der Waals surface area contributed by atoms with Crippen molar-refractivity contribution in [2.75, 3.05) is 46.6 Å². The van der Waals surface area contributed by atoms with E-state index in [0.29, 0.717) is 43.1 Å². The fourth-order valence-corrected chi connectivity index (χ4v) is 3.80. The normalized spacial score (nSPS) is 20.3. The minimum atomic E-state index is -0.299. The number of piperidine rings is 1. The molecule has 7 nitrogen and oxygen atoms in total. The van der Waals surface area contributed by atoms with Gasteiger partial charge in [0.15, 0.2) is 0 Å². The molecular formula is C21H28N2O5. The van der Waals surface area contributed by atoms with Gasteiger partial charge in [0.2, 0.25) is 0 Å². The van der Waals surface area contributed by atoms with E-state index in [0.717, 1.165) is 18.6 Å². The summed E-state index contributed by atoms with van der Waals surface area (Å²) in [5.41, 5.74) is 1.55. The molecule has 0 aliphatic carbocycles. The van der Waals surface area contributed by atoms with E-state index < -0.39 is 0 Å². The summed E-state index contributed by atoms with van der Waals surface area (Å²) in [7, 11) is 1.54. The molecule has 1 aromatic carbocycles. The van der Waals surface area contributed by atoms with Crippen molar-refractivity contribution in [3.63, 3.8) is 0 Å². The van der Waals surface area contributed by atoms with Crippen LogP contribution in [0.5, 0.6) is 5.75 Å². The van der Waals surface area contributed by atoms with Gasteiger partial charge in [-0.3, -0.25) is 14.5 Å². The number of hydrogen-bond acceptors (Lipinski definition) is 6. The quantitative estimate of drug-likeness (QED) is 0.680. The molecule has 2 amide bonds. The van der Waals surface area contributed by atoms with Gasteiger partial charge in [-0.05, 0) is 43.4 Å². The summed E-state index contributed by atoms with van der Waals surface area (Å²) < 4.78 is 10.6. The van der Waals surface area contributed by atoms with Crippen LogP contribution >= 0.6 is 0 Å². The van der Waals surface area contributed by atoms with Crippen molar-refractivity contribution in [2.24, 2.45) is 5.92 Å². The molecule has 0 aromatic heterocycles. The van der Waals surface area contributed by atoms with E-state index in [1.807, 2.05) is 36.1 Å². The van der Waals surface area contributed by atoms with E-state index in [1.165, 1.54) is 4.90 Å². The topological polar surface area (TPSA) is 79.3 Å². The van der Waals surface area contributed by atoms with Crippen LogP contribution in [0.2, 0.25) is 0 Å². The summed E-state index contributed by atoms with van der Waals surface area (Å²) in [6.45, 7) is 4.34. The van der Waals surface area contributed by atoms with Gasteiger partial charge in [-0.1, -0.05) is 12.1 Å². The lowest BCUT2D eigenvalue weighted by atomic mass is 9.97. The second-order valence-electron chi connectivity index (χ2n) is 7.07. The molecule has 2 aliphatic rings. The van der Waals surface area contributed by atoms with E-state index in [2.05, 4.69) is 0 Å². The number of rotatable bonds is 8. The van der Waals surface area contributed by atoms with Crippen LogP contribution in [0.15, 0.2) is 30.0 Å². The fourth-order valence-electron chi connectivity index (χ4n) is 3.80. The summed E-state index contributed by atoms with van der Waals surface area (Å²) in [5, 5.41) is 9.57. The van der Waals surface area contributed by atoms with Gasteiger partial charge in [0.1, 0.15) is 11.4 Å². The van der Waals surface area contributed by atoms with Gasteiger partial charge in [-0.15, -0.1) is 0 Å². The molecule has 2 heterocycles. The minimum absolute atomic E-state index is 0.0810. The molecule has 1 aromatic rings. The third-order valence-electron chi connectivity index (χ3n) is 5.21. The Kier molecular flexibility index (Phi) is 6.70. The van der Waals surface area contributed by atoms with Gasteiger partial charge >= 0.3 is 0 Å². The third kappa shape index (κ3) is 4.05. The molecule has 0 spiro atoms. The standard InChI is InChI=1S/C21H28N2O5/c1-3-28-17-8-6-16(7-9-17)18-19(22-10-4-5-15(13-22)14-24)21(26)23(20(18)25)11-12-27-2/h6-9,15,24H,3-5,10-14H2,1-2H3. The van der Waals surface area contributed by atoms with Crippen LogP contribution in [0, 0.1) is 5.92 Å². The molecular weight excluding hydrogens is 360 g/mol. The number of aliphatic hydroxyl groups excluding tert-OH is 1. The predicted octanol–water partition coefficient (Wildman–Crippen LogP) is 1.52. The van der Waals surface area contributed by atoms with Crippen LogP contribution in [-0.4, -0.2) is 73.3 Å². The van der Waals surface area contributed by atoms with E-state index in [1.54, 1.807) is 7.11 Å². The minimum Gasteiger partial charge on any atom is -0.494 e. The number of imide groups is 1. The zero-order valence-corrected chi connectivity index (χ0v) is 16.5. The highest BCUT2D eigenvalue weighted by Gasteiger charge is 2.42. The van der Waals surface area contributed by atoms with Crippen molar-refractivity contribution in [3.05, 3.63) is 35.5 Å². The number of ether oxygens (including phenoxy) is 2. The van der Waals surface area contributed by atoms with Crippen LogP contribution in [0.3, 0.4) is 0 Å². The maximum Gasteiger partial charge on any atom is 0.277 e. The molecule has 28 heavy (non-hydrogen) atoms. The summed E-state index contributed by atoms with van der Waals surface area (Å²) in [6, 6.07) is 7.26. The highest BCUT2D eigenvalue weighted by molar-refractivity contribution is 6.35. The number of aliphatic hydroxyl groups is 1. The van der Waals surface area contributed by atoms with Gasteiger partial charge in [0.25, 0.3) is 11.8 Å². The monoisotopic (exact) mass is 388 g/mol. The van der Waals surface area contributed by atoms with Crippen LogP contribution in [0.25, 0.3) is 5.57 Å². The van der Waals surface area contributed by atoms with E-state index in [4.69, 9.17) is 9.47 Å². The number of hydrogen-bond donors (Lipinski definition) is 1. The van der Waals surface area contributed by atoms with Crippen LogP contribution in [-0.2, 0) is 14.3 Å². The number of likely N-dealkylation sites (tertiary alicyclic amines) is 1. The number of benzene rings is 1.